The lowest BCUT2D eigenvalue weighted by molar-refractivity contribution is 0.621. The average Bonchev–Trinajstić information content (AvgIpc) is 2.73. The third-order valence-corrected chi connectivity index (χ3v) is 4.53. The van der Waals surface area contributed by atoms with Crippen LogP contribution < -0.4 is 5.32 Å². The zero-order valence-electron chi connectivity index (χ0n) is 12.0. The Morgan fingerprint density at radius 2 is 1.95 bits per heavy atom. The minimum Gasteiger partial charge on any atom is -0.379 e. The van der Waals surface area contributed by atoms with E-state index in [1.165, 1.54) is 28.2 Å². The topological polar surface area (TPSA) is 17.0 Å². The molecular weight excluding hydrogens is 331 g/mol. The molecule has 1 N–H and O–H groups in total. The average molecular weight is 347 g/mol. The van der Waals surface area contributed by atoms with Gasteiger partial charge in [-0.15, -0.1) is 0 Å². The third kappa shape index (κ3) is 2.56. The van der Waals surface area contributed by atoms with E-state index in [9.17, 15) is 4.39 Å². The second-order valence-corrected chi connectivity index (χ2v) is 5.98. The quantitative estimate of drug-likeness (QED) is 0.706. The fourth-order valence-corrected chi connectivity index (χ4v) is 2.93. The first kappa shape index (κ1) is 14.1. The van der Waals surface area contributed by atoms with Crippen molar-refractivity contribution in [2.45, 2.75) is 13.5 Å². The summed E-state index contributed by atoms with van der Waals surface area (Å²) in [7, 11) is 2.06. The van der Waals surface area contributed by atoms with E-state index in [1.54, 1.807) is 6.07 Å². The van der Waals surface area contributed by atoms with E-state index in [0.29, 0.717) is 11.0 Å². The van der Waals surface area contributed by atoms with Gasteiger partial charge in [0.05, 0.1) is 11.0 Å². The van der Waals surface area contributed by atoms with Gasteiger partial charge < -0.3 is 9.88 Å². The van der Waals surface area contributed by atoms with Crippen molar-refractivity contribution < 1.29 is 4.39 Å². The van der Waals surface area contributed by atoms with Crippen molar-refractivity contribution in [1.82, 2.24) is 4.57 Å². The molecule has 3 aromatic rings. The van der Waals surface area contributed by atoms with Gasteiger partial charge >= 0.3 is 0 Å². The first-order valence-electron chi connectivity index (χ1n) is 6.79. The Balaban J connectivity index is 1.90. The number of nitrogens with zero attached hydrogens (tertiary/aromatic N) is 1. The lowest BCUT2D eigenvalue weighted by Crippen LogP contribution is -2.06. The van der Waals surface area contributed by atoms with E-state index in [0.717, 1.165) is 5.69 Å². The summed E-state index contributed by atoms with van der Waals surface area (Å²) in [5.74, 6) is -0.256. The molecule has 0 saturated heterocycles. The standard InChI is InChI=1S/C17H16BrFN2/c1-11-13-5-3-4-6-16(13)21(2)17(11)10-20-12-7-8-14(18)15(19)9-12/h3-9,20H,10H2,1-2H3. The molecule has 4 heteroatoms. The largest absolute Gasteiger partial charge is 0.379 e. The Kier molecular flexibility index (Phi) is 3.72. The highest BCUT2D eigenvalue weighted by atomic mass is 79.9. The van der Waals surface area contributed by atoms with Gasteiger partial charge in [-0.05, 0) is 52.7 Å². The summed E-state index contributed by atoms with van der Waals surface area (Å²) in [6.07, 6.45) is 0. The van der Waals surface area contributed by atoms with E-state index in [4.69, 9.17) is 0 Å². The molecule has 0 aliphatic carbocycles. The maximum atomic E-state index is 13.5. The van der Waals surface area contributed by atoms with Gasteiger partial charge in [0.15, 0.2) is 0 Å². The van der Waals surface area contributed by atoms with Gasteiger partial charge in [0.1, 0.15) is 5.82 Å². The number of aromatic nitrogens is 1. The van der Waals surface area contributed by atoms with Crippen molar-refractivity contribution in [2.75, 3.05) is 5.32 Å². The molecule has 1 aromatic heterocycles. The Labute approximate surface area is 131 Å². The number of hydrogen-bond acceptors (Lipinski definition) is 1. The number of fused-ring (bicyclic) bond motifs is 1. The highest BCUT2D eigenvalue weighted by Crippen LogP contribution is 2.25. The predicted molar refractivity (Wildman–Crippen MR) is 89.1 cm³/mol. The molecule has 0 fully saturated rings. The van der Waals surface area contributed by atoms with E-state index < -0.39 is 0 Å². The number of aryl methyl sites for hydroxylation is 2. The normalized spacial score (nSPS) is 11.0. The van der Waals surface area contributed by atoms with Crippen LogP contribution in [0.1, 0.15) is 11.3 Å². The summed E-state index contributed by atoms with van der Waals surface area (Å²) in [4.78, 5) is 0. The SMILES string of the molecule is Cc1c(CNc2ccc(Br)c(F)c2)n(C)c2ccccc12. The molecule has 0 aliphatic rings. The molecule has 2 aromatic carbocycles. The summed E-state index contributed by atoms with van der Waals surface area (Å²) in [6.45, 7) is 2.79. The van der Waals surface area contributed by atoms with Crippen LogP contribution in [0.15, 0.2) is 46.9 Å². The highest BCUT2D eigenvalue weighted by Gasteiger charge is 2.11. The first-order chi connectivity index (χ1) is 10.1. The van der Waals surface area contributed by atoms with E-state index >= 15 is 0 Å². The van der Waals surface area contributed by atoms with E-state index in [2.05, 4.69) is 58.0 Å². The third-order valence-electron chi connectivity index (χ3n) is 3.89. The lowest BCUT2D eigenvalue weighted by Gasteiger charge is -2.10. The van der Waals surface area contributed by atoms with Crippen molar-refractivity contribution in [3.05, 3.63) is 64.0 Å². The molecule has 1 heterocycles. The van der Waals surface area contributed by atoms with Crippen molar-refractivity contribution in [3.63, 3.8) is 0 Å². The first-order valence-corrected chi connectivity index (χ1v) is 7.59. The number of halogens is 2. The number of rotatable bonds is 3. The van der Waals surface area contributed by atoms with Crippen molar-refractivity contribution >= 4 is 32.5 Å². The minimum atomic E-state index is -0.256. The molecular formula is C17H16BrFN2. The Bertz CT molecular complexity index is 769. The van der Waals surface area contributed by atoms with Crippen LogP contribution in [0.5, 0.6) is 0 Å². The molecule has 108 valence electrons. The Morgan fingerprint density at radius 1 is 1.19 bits per heavy atom. The van der Waals surface area contributed by atoms with Gasteiger partial charge in [-0.25, -0.2) is 4.39 Å². The maximum absolute atomic E-state index is 13.5. The Morgan fingerprint density at radius 3 is 2.67 bits per heavy atom. The summed E-state index contributed by atoms with van der Waals surface area (Å²) in [5, 5.41) is 4.55. The zero-order valence-corrected chi connectivity index (χ0v) is 13.5. The summed E-state index contributed by atoms with van der Waals surface area (Å²) in [6, 6.07) is 13.4. The van der Waals surface area contributed by atoms with E-state index in [-0.39, 0.29) is 5.82 Å². The van der Waals surface area contributed by atoms with Crippen LogP contribution in [0, 0.1) is 12.7 Å². The summed E-state index contributed by atoms with van der Waals surface area (Å²) in [5.41, 5.74) is 4.46. The van der Waals surface area contributed by atoms with Gasteiger partial charge in [-0.1, -0.05) is 18.2 Å². The van der Waals surface area contributed by atoms with Gasteiger partial charge in [0.25, 0.3) is 0 Å². The maximum Gasteiger partial charge on any atom is 0.139 e. The zero-order chi connectivity index (χ0) is 15.0. The van der Waals surface area contributed by atoms with Crippen LogP contribution in [0.25, 0.3) is 10.9 Å². The van der Waals surface area contributed by atoms with Crippen LogP contribution >= 0.6 is 15.9 Å². The van der Waals surface area contributed by atoms with Gasteiger partial charge in [0, 0.05) is 29.3 Å². The second kappa shape index (κ2) is 5.53. The monoisotopic (exact) mass is 346 g/mol. The molecule has 0 radical (unpaired) electrons. The van der Waals surface area contributed by atoms with E-state index in [1.807, 2.05) is 12.1 Å². The van der Waals surface area contributed by atoms with Crippen LogP contribution in [-0.2, 0) is 13.6 Å². The number of hydrogen-bond donors (Lipinski definition) is 1. The molecule has 0 spiro atoms. The van der Waals surface area contributed by atoms with Crippen LogP contribution in [0.4, 0.5) is 10.1 Å². The van der Waals surface area contributed by atoms with Crippen LogP contribution in [0.2, 0.25) is 0 Å². The molecule has 21 heavy (non-hydrogen) atoms. The number of nitrogens with one attached hydrogen (secondary N) is 1. The van der Waals surface area contributed by atoms with Gasteiger partial charge in [0.2, 0.25) is 0 Å². The highest BCUT2D eigenvalue weighted by molar-refractivity contribution is 9.10. The fraction of sp³-hybridized carbons (Fsp3) is 0.176. The predicted octanol–water partition coefficient (Wildman–Crippen LogP) is 5.00. The van der Waals surface area contributed by atoms with Crippen molar-refractivity contribution in [1.29, 1.82) is 0 Å². The molecule has 0 aliphatic heterocycles. The number of anilines is 1. The molecule has 0 amide bonds. The van der Waals surface area contributed by atoms with Crippen LogP contribution in [-0.4, -0.2) is 4.57 Å². The van der Waals surface area contributed by atoms with Gasteiger partial charge in [-0.3, -0.25) is 0 Å². The van der Waals surface area contributed by atoms with Crippen molar-refractivity contribution in [3.8, 4) is 0 Å². The molecule has 0 saturated carbocycles. The molecule has 0 bridgehead atoms. The summed E-state index contributed by atoms with van der Waals surface area (Å²) >= 11 is 3.16. The molecule has 2 nitrogen and oxygen atoms in total. The molecule has 0 atom stereocenters. The number of benzene rings is 2. The fourth-order valence-electron chi connectivity index (χ4n) is 2.68. The molecule has 3 rings (SSSR count). The van der Waals surface area contributed by atoms with Crippen molar-refractivity contribution in [2.24, 2.45) is 7.05 Å². The lowest BCUT2D eigenvalue weighted by atomic mass is 10.1. The van der Waals surface area contributed by atoms with Gasteiger partial charge in [-0.2, -0.15) is 0 Å². The minimum absolute atomic E-state index is 0.256. The second-order valence-electron chi connectivity index (χ2n) is 5.13. The molecule has 0 unspecified atom stereocenters. The summed E-state index contributed by atoms with van der Waals surface area (Å²) < 4.78 is 16.2. The smallest absolute Gasteiger partial charge is 0.139 e. The number of para-hydroxylation sites is 1. The van der Waals surface area contributed by atoms with Crippen LogP contribution in [0.3, 0.4) is 0 Å². The Hall–Kier alpha value is -1.81.